The van der Waals surface area contributed by atoms with E-state index in [1.807, 2.05) is 36.0 Å². The Morgan fingerprint density at radius 1 is 1.44 bits per heavy atom. The lowest BCUT2D eigenvalue weighted by atomic mass is 10.1. The summed E-state index contributed by atoms with van der Waals surface area (Å²) < 4.78 is 0.241. The molecular weight excluding hydrogens is 262 g/mol. The molecular formula is C14H19NOS2. The Kier molecular flexibility index (Phi) is 4.62. The molecule has 0 bridgehead atoms. The maximum Gasteiger partial charge on any atom is 0.224 e. The fourth-order valence-corrected chi connectivity index (χ4v) is 3.52. The van der Waals surface area contributed by atoms with Crippen LogP contribution in [0.25, 0.3) is 0 Å². The summed E-state index contributed by atoms with van der Waals surface area (Å²) in [5, 5.41) is 3.05. The summed E-state index contributed by atoms with van der Waals surface area (Å²) in [6, 6.07) is 7.74. The molecule has 1 aliphatic rings. The highest BCUT2D eigenvalue weighted by Gasteiger charge is 2.29. The van der Waals surface area contributed by atoms with Gasteiger partial charge in [0.15, 0.2) is 0 Å². The fraction of sp³-hybridized carbons (Fsp3) is 0.500. The zero-order valence-electron chi connectivity index (χ0n) is 10.6. The standard InChI is InChI=1S/C14H19NOS2/c1-14(7-2-8-18-14)10-15-13(16)9-11-3-5-12(17)6-4-11/h3-6,17H,2,7-10H2,1H3,(H,15,16). The van der Waals surface area contributed by atoms with Crippen molar-refractivity contribution in [1.29, 1.82) is 0 Å². The number of carbonyl (C=O) groups excluding carboxylic acids is 1. The molecule has 1 aromatic rings. The van der Waals surface area contributed by atoms with Crippen molar-refractivity contribution in [3.63, 3.8) is 0 Å². The second-order valence-electron chi connectivity index (χ2n) is 5.02. The third-order valence-corrected chi connectivity index (χ3v) is 5.10. The molecule has 1 fully saturated rings. The summed E-state index contributed by atoms with van der Waals surface area (Å²) in [6.45, 7) is 3.02. The molecule has 2 nitrogen and oxygen atoms in total. The Morgan fingerprint density at radius 3 is 2.78 bits per heavy atom. The quantitative estimate of drug-likeness (QED) is 0.831. The van der Waals surface area contributed by atoms with Crippen LogP contribution in [0.4, 0.5) is 0 Å². The van der Waals surface area contributed by atoms with E-state index in [-0.39, 0.29) is 10.7 Å². The first-order valence-electron chi connectivity index (χ1n) is 6.26. The first kappa shape index (κ1) is 13.8. The lowest BCUT2D eigenvalue weighted by Gasteiger charge is -2.22. The van der Waals surface area contributed by atoms with Gasteiger partial charge in [-0.2, -0.15) is 11.8 Å². The molecule has 18 heavy (non-hydrogen) atoms. The van der Waals surface area contributed by atoms with Crippen LogP contribution >= 0.6 is 24.4 Å². The Hall–Kier alpha value is -0.610. The van der Waals surface area contributed by atoms with Crippen molar-refractivity contribution < 1.29 is 4.79 Å². The molecule has 98 valence electrons. The van der Waals surface area contributed by atoms with Crippen molar-refractivity contribution in [2.45, 2.75) is 35.8 Å². The molecule has 0 saturated carbocycles. The summed E-state index contributed by atoms with van der Waals surface area (Å²) in [5.41, 5.74) is 1.04. The molecule has 0 aromatic heterocycles. The van der Waals surface area contributed by atoms with Gasteiger partial charge in [0.2, 0.25) is 5.91 Å². The van der Waals surface area contributed by atoms with E-state index in [0.29, 0.717) is 6.42 Å². The van der Waals surface area contributed by atoms with Crippen LogP contribution in [-0.2, 0) is 11.2 Å². The predicted octanol–water partition coefficient (Wildman–Crippen LogP) is 2.92. The number of amides is 1. The van der Waals surface area contributed by atoms with Gasteiger partial charge in [-0.1, -0.05) is 12.1 Å². The second-order valence-corrected chi connectivity index (χ2v) is 7.22. The third kappa shape index (κ3) is 3.95. The summed E-state index contributed by atoms with van der Waals surface area (Å²) in [7, 11) is 0. The van der Waals surface area contributed by atoms with Crippen LogP contribution in [0.5, 0.6) is 0 Å². The van der Waals surface area contributed by atoms with Crippen molar-refractivity contribution >= 4 is 30.3 Å². The van der Waals surface area contributed by atoms with Crippen LogP contribution < -0.4 is 5.32 Å². The molecule has 0 radical (unpaired) electrons. The molecule has 1 saturated heterocycles. The minimum absolute atomic E-state index is 0.107. The molecule has 1 unspecified atom stereocenters. The van der Waals surface area contributed by atoms with Crippen molar-refractivity contribution in [3.8, 4) is 0 Å². The third-order valence-electron chi connectivity index (χ3n) is 3.26. The highest BCUT2D eigenvalue weighted by Crippen LogP contribution is 2.36. The molecule has 0 aliphatic carbocycles. The zero-order valence-corrected chi connectivity index (χ0v) is 12.3. The summed E-state index contributed by atoms with van der Waals surface area (Å²) in [4.78, 5) is 12.8. The summed E-state index contributed by atoms with van der Waals surface area (Å²) in [6.07, 6.45) is 2.92. The molecule has 2 rings (SSSR count). The Bertz CT molecular complexity index is 410. The van der Waals surface area contributed by atoms with Gasteiger partial charge in [0, 0.05) is 16.2 Å². The van der Waals surface area contributed by atoms with Crippen molar-refractivity contribution in [1.82, 2.24) is 5.32 Å². The SMILES string of the molecule is CC1(CNC(=O)Cc2ccc(S)cc2)CCCS1. The van der Waals surface area contributed by atoms with Crippen molar-refractivity contribution in [2.24, 2.45) is 0 Å². The lowest BCUT2D eigenvalue weighted by Crippen LogP contribution is -2.37. The Labute approximate surface area is 118 Å². The molecule has 1 aliphatic heterocycles. The van der Waals surface area contributed by atoms with Gasteiger partial charge in [0.05, 0.1) is 6.42 Å². The van der Waals surface area contributed by atoms with Gasteiger partial charge < -0.3 is 5.32 Å². The van der Waals surface area contributed by atoms with Gasteiger partial charge in [0.25, 0.3) is 0 Å². The molecule has 1 aromatic carbocycles. The van der Waals surface area contributed by atoms with E-state index < -0.39 is 0 Å². The van der Waals surface area contributed by atoms with Crippen LogP contribution in [0.3, 0.4) is 0 Å². The fourth-order valence-electron chi connectivity index (χ4n) is 2.12. The number of rotatable bonds is 4. The first-order valence-corrected chi connectivity index (χ1v) is 7.69. The van der Waals surface area contributed by atoms with Crippen LogP contribution in [0.15, 0.2) is 29.2 Å². The second kappa shape index (κ2) is 6.02. The number of hydrogen-bond acceptors (Lipinski definition) is 3. The average Bonchev–Trinajstić information content (AvgIpc) is 2.78. The van der Waals surface area contributed by atoms with Crippen molar-refractivity contribution in [3.05, 3.63) is 29.8 Å². The predicted molar refractivity (Wildman–Crippen MR) is 80.5 cm³/mol. The Balaban J connectivity index is 1.80. The van der Waals surface area contributed by atoms with Crippen LogP contribution in [0.2, 0.25) is 0 Å². The number of carbonyl (C=O) groups is 1. The number of nitrogens with one attached hydrogen (secondary N) is 1. The van der Waals surface area contributed by atoms with Gasteiger partial charge in [0.1, 0.15) is 0 Å². The number of thioether (sulfide) groups is 1. The molecule has 1 heterocycles. The topological polar surface area (TPSA) is 29.1 Å². The summed E-state index contributed by atoms with van der Waals surface area (Å²) in [5.74, 6) is 1.33. The van der Waals surface area contributed by atoms with E-state index in [0.717, 1.165) is 17.0 Å². The minimum atomic E-state index is 0.107. The average molecular weight is 281 g/mol. The Morgan fingerprint density at radius 2 is 2.17 bits per heavy atom. The van der Waals surface area contributed by atoms with Gasteiger partial charge in [-0.25, -0.2) is 0 Å². The van der Waals surface area contributed by atoms with Gasteiger partial charge in [-0.15, -0.1) is 12.6 Å². The highest BCUT2D eigenvalue weighted by atomic mass is 32.2. The smallest absolute Gasteiger partial charge is 0.224 e. The van der Waals surface area contributed by atoms with Crippen molar-refractivity contribution in [2.75, 3.05) is 12.3 Å². The normalized spacial score (nSPS) is 23.0. The largest absolute Gasteiger partial charge is 0.354 e. The van der Waals surface area contributed by atoms with E-state index in [4.69, 9.17) is 0 Å². The van der Waals surface area contributed by atoms with E-state index >= 15 is 0 Å². The zero-order chi connectivity index (χ0) is 13.0. The van der Waals surface area contributed by atoms with E-state index in [1.54, 1.807) is 0 Å². The number of hydrogen-bond donors (Lipinski definition) is 2. The monoisotopic (exact) mass is 281 g/mol. The molecule has 1 amide bonds. The van der Waals surface area contributed by atoms with E-state index in [1.165, 1.54) is 18.6 Å². The molecule has 4 heteroatoms. The van der Waals surface area contributed by atoms with Gasteiger partial charge in [-0.3, -0.25) is 4.79 Å². The maximum atomic E-state index is 11.9. The van der Waals surface area contributed by atoms with E-state index in [9.17, 15) is 4.79 Å². The van der Waals surface area contributed by atoms with E-state index in [2.05, 4.69) is 24.9 Å². The highest BCUT2D eigenvalue weighted by molar-refractivity contribution is 8.00. The van der Waals surface area contributed by atoms with Gasteiger partial charge in [-0.05, 0) is 43.2 Å². The van der Waals surface area contributed by atoms with Gasteiger partial charge >= 0.3 is 0 Å². The minimum Gasteiger partial charge on any atom is -0.354 e. The number of thiol groups is 1. The first-order chi connectivity index (χ1) is 8.57. The van der Waals surface area contributed by atoms with Crippen LogP contribution in [-0.4, -0.2) is 23.0 Å². The maximum absolute atomic E-state index is 11.9. The lowest BCUT2D eigenvalue weighted by molar-refractivity contribution is -0.120. The molecule has 1 N–H and O–H groups in total. The van der Waals surface area contributed by atoms with Crippen LogP contribution in [0, 0.1) is 0 Å². The molecule has 1 atom stereocenters. The summed E-state index contributed by atoms with van der Waals surface area (Å²) >= 11 is 6.20. The molecule has 0 spiro atoms. The number of benzene rings is 1. The van der Waals surface area contributed by atoms with Crippen LogP contribution in [0.1, 0.15) is 25.3 Å².